The number of amides is 2. The van der Waals surface area contributed by atoms with Crippen LogP contribution in [-0.2, 0) is 9.53 Å². The minimum Gasteiger partial charge on any atom is -0.481 e. The summed E-state index contributed by atoms with van der Waals surface area (Å²) < 4.78 is 10.9. The molecule has 0 saturated heterocycles. The first-order chi connectivity index (χ1) is 17.3. The normalized spacial score (nSPS) is 12.0. The Morgan fingerprint density at radius 3 is 2.58 bits per heavy atom. The molecule has 10 nitrogen and oxygen atoms in total. The van der Waals surface area contributed by atoms with Gasteiger partial charge in [0.1, 0.15) is 6.04 Å². The van der Waals surface area contributed by atoms with Crippen LogP contribution in [0.5, 0.6) is 5.88 Å². The highest BCUT2D eigenvalue weighted by Crippen LogP contribution is 2.26. The summed E-state index contributed by atoms with van der Waals surface area (Å²) in [7, 11) is 1.51. The van der Waals surface area contributed by atoms with E-state index in [0.29, 0.717) is 38.9 Å². The summed E-state index contributed by atoms with van der Waals surface area (Å²) >= 11 is 0. The Morgan fingerprint density at radius 1 is 1.06 bits per heavy atom. The monoisotopic (exact) mass is 489 g/mol. The number of rotatable bonds is 9. The molecule has 4 rings (SSSR count). The van der Waals surface area contributed by atoms with Crippen LogP contribution in [-0.4, -0.2) is 47.6 Å². The predicted octanol–water partition coefficient (Wildman–Crippen LogP) is 3.03. The third-order valence-electron chi connectivity index (χ3n) is 5.59. The van der Waals surface area contributed by atoms with Crippen molar-refractivity contribution in [3.8, 4) is 5.88 Å². The van der Waals surface area contributed by atoms with Crippen LogP contribution in [0.25, 0.3) is 21.7 Å². The third-order valence-corrected chi connectivity index (χ3v) is 5.59. The van der Waals surface area contributed by atoms with Crippen molar-refractivity contribution in [1.29, 1.82) is 0 Å². The molecule has 2 aromatic heterocycles. The number of fused-ring (bicyclic) bond motifs is 3. The summed E-state index contributed by atoms with van der Waals surface area (Å²) in [4.78, 5) is 44.6. The second-order valence-corrected chi connectivity index (χ2v) is 8.46. The molecule has 5 N–H and O–H groups in total. The molecule has 2 aromatic carbocycles. The lowest BCUT2D eigenvalue weighted by molar-refractivity contribution is -0.118. The van der Waals surface area contributed by atoms with E-state index in [1.165, 1.54) is 7.11 Å². The van der Waals surface area contributed by atoms with Gasteiger partial charge in [0.05, 0.1) is 30.9 Å². The van der Waals surface area contributed by atoms with Gasteiger partial charge in [-0.25, -0.2) is 4.98 Å². The molecule has 0 aliphatic carbocycles. The van der Waals surface area contributed by atoms with Gasteiger partial charge in [0, 0.05) is 34.4 Å². The van der Waals surface area contributed by atoms with Gasteiger partial charge in [-0.1, -0.05) is 12.1 Å². The first-order valence-electron chi connectivity index (χ1n) is 11.3. The van der Waals surface area contributed by atoms with Crippen molar-refractivity contribution in [3.05, 3.63) is 70.6 Å². The number of aromatic nitrogens is 2. The van der Waals surface area contributed by atoms with Crippen LogP contribution in [0.3, 0.4) is 0 Å². The van der Waals surface area contributed by atoms with Crippen molar-refractivity contribution in [3.63, 3.8) is 0 Å². The largest absolute Gasteiger partial charge is 0.481 e. The smallest absolute Gasteiger partial charge is 0.256 e. The Balaban J connectivity index is 1.67. The van der Waals surface area contributed by atoms with Gasteiger partial charge in [0.2, 0.25) is 11.8 Å². The maximum atomic E-state index is 13.3. The Bertz CT molecular complexity index is 1500. The van der Waals surface area contributed by atoms with E-state index in [1.807, 2.05) is 13.8 Å². The van der Waals surface area contributed by atoms with Gasteiger partial charge in [-0.15, -0.1) is 0 Å². The summed E-state index contributed by atoms with van der Waals surface area (Å²) in [6.45, 7) is 3.89. The molecule has 2 heterocycles. The van der Waals surface area contributed by atoms with Gasteiger partial charge >= 0.3 is 0 Å². The van der Waals surface area contributed by atoms with Crippen LogP contribution in [0.1, 0.15) is 24.2 Å². The van der Waals surface area contributed by atoms with Gasteiger partial charge in [0.25, 0.3) is 11.5 Å². The van der Waals surface area contributed by atoms with E-state index in [4.69, 9.17) is 15.2 Å². The Kier molecular flexibility index (Phi) is 7.16. The van der Waals surface area contributed by atoms with E-state index in [0.717, 1.165) is 0 Å². The number of benzene rings is 2. The molecule has 4 aromatic rings. The van der Waals surface area contributed by atoms with Gasteiger partial charge in [0.15, 0.2) is 0 Å². The fourth-order valence-electron chi connectivity index (χ4n) is 3.85. The lowest BCUT2D eigenvalue weighted by Gasteiger charge is -2.21. The quantitative estimate of drug-likeness (QED) is 0.264. The maximum absolute atomic E-state index is 13.3. The van der Waals surface area contributed by atoms with Crippen LogP contribution in [0.2, 0.25) is 0 Å². The van der Waals surface area contributed by atoms with Crippen molar-refractivity contribution in [2.45, 2.75) is 26.0 Å². The van der Waals surface area contributed by atoms with Crippen molar-refractivity contribution in [1.82, 2.24) is 9.97 Å². The number of aromatic amines is 1. The number of primary amides is 1. The highest BCUT2D eigenvalue weighted by Gasteiger charge is 2.21. The number of pyridine rings is 2. The summed E-state index contributed by atoms with van der Waals surface area (Å²) in [5.41, 5.74) is 6.81. The molecule has 0 aliphatic heterocycles. The molecule has 0 radical (unpaired) electrons. The third kappa shape index (κ3) is 5.28. The first-order valence-corrected chi connectivity index (χ1v) is 11.3. The van der Waals surface area contributed by atoms with Crippen molar-refractivity contribution in [2.24, 2.45) is 5.73 Å². The van der Waals surface area contributed by atoms with Crippen LogP contribution >= 0.6 is 0 Å². The zero-order valence-corrected chi connectivity index (χ0v) is 20.1. The zero-order valence-electron chi connectivity index (χ0n) is 20.1. The number of carbonyl (C=O) groups is 2. The predicted molar refractivity (Wildman–Crippen MR) is 139 cm³/mol. The second kappa shape index (κ2) is 10.4. The molecule has 0 fully saturated rings. The van der Waals surface area contributed by atoms with Crippen LogP contribution in [0.4, 0.5) is 11.4 Å². The first kappa shape index (κ1) is 24.7. The molecule has 1 atom stereocenters. The molecule has 0 unspecified atom stereocenters. The molecular formula is C26H27N5O5. The van der Waals surface area contributed by atoms with Gasteiger partial charge in [-0.05, 0) is 49.6 Å². The van der Waals surface area contributed by atoms with Crippen molar-refractivity contribution in [2.75, 3.05) is 24.4 Å². The summed E-state index contributed by atoms with van der Waals surface area (Å²) in [5, 5.41) is 7.70. The van der Waals surface area contributed by atoms with E-state index in [-0.39, 0.29) is 29.7 Å². The minimum atomic E-state index is -0.729. The van der Waals surface area contributed by atoms with E-state index in [1.54, 1.807) is 54.7 Å². The number of carbonyl (C=O) groups excluding carboxylic acids is 2. The summed E-state index contributed by atoms with van der Waals surface area (Å²) in [6, 6.07) is 12.7. The molecule has 2 amide bonds. The van der Waals surface area contributed by atoms with Crippen molar-refractivity contribution < 1.29 is 19.1 Å². The number of nitrogens with zero attached hydrogens (tertiary/aromatic N) is 1. The van der Waals surface area contributed by atoms with Crippen LogP contribution in [0, 0.1) is 0 Å². The number of nitrogens with two attached hydrogens (primary N) is 1. The standard InChI is InChI=1S/C26H27N5O5/c1-14(2)36-13-21(29-16-9-10-28-22(12-16)35-3)26(34)30-15-7-8-18-20(11-15)17-5-4-6-19(24(27)32)23(17)31-25(18)33/h4-12,14,21H,13H2,1-3H3,(H2,27,32)(H,28,29)(H,30,34)(H,31,33)/t21-/m0/s1. The van der Waals surface area contributed by atoms with Gasteiger partial charge in [-0.3, -0.25) is 14.4 Å². The number of hydrogen-bond acceptors (Lipinski definition) is 7. The average Bonchev–Trinajstić information content (AvgIpc) is 2.86. The second-order valence-electron chi connectivity index (χ2n) is 8.46. The van der Waals surface area contributed by atoms with E-state index in [9.17, 15) is 14.4 Å². The molecule has 0 saturated carbocycles. The van der Waals surface area contributed by atoms with Gasteiger partial charge in [-0.2, -0.15) is 0 Å². The number of H-pyrrole nitrogens is 1. The Morgan fingerprint density at radius 2 is 1.86 bits per heavy atom. The molecule has 0 bridgehead atoms. The fraction of sp³-hybridized carbons (Fsp3) is 0.231. The van der Waals surface area contributed by atoms with E-state index < -0.39 is 11.9 Å². The molecule has 36 heavy (non-hydrogen) atoms. The number of hydrogen-bond donors (Lipinski definition) is 4. The maximum Gasteiger partial charge on any atom is 0.256 e. The molecular weight excluding hydrogens is 462 g/mol. The van der Waals surface area contributed by atoms with E-state index in [2.05, 4.69) is 20.6 Å². The lowest BCUT2D eigenvalue weighted by atomic mass is 10.0. The van der Waals surface area contributed by atoms with Crippen LogP contribution < -0.4 is 26.7 Å². The summed E-state index contributed by atoms with van der Waals surface area (Å²) in [6.07, 6.45) is 1.50. The van der Waals surface area contributed by atoms with Gasteiger partial charge < -0.3 is 30.8 Å². The highest BCUT2D eigenvalue weighted by molar-refractivity contribution is 6.13. The number of anilines is 2. The molecule has 10 heteroatoms. The fourth-order valence-corrected chi connectivity index (χ4v) is 3.85. The Hall–Kier alpha value is -4.44. The van der Waals surface area contributed by atoms with E-state index >= 15 is 0 Å². The number of nitrogens with one attached hydrogen (secondary N) is 3. The zero-order chi connectivity index (χ0) is 25.8. The van der Waals surface area contributed by atoms with Crippen LogP contribution in [0.15, 0.2) is 59.5 Å². The number of para-hydroxylation sites is 1. The molecule has 186 valence electrons. The number of methoxy groups -OCH3 is 1. The number of ether oxygens (including phenoxy) is 2. The molecule has 0 aliphatic rings. The average molecular weight is 490 g/mol. The SMILES string of the molecule is COc1cc(N[C@@H](COC(C)C)C(=O)Nc2ccc3c(=O)[nH]c4c(C(N)=O)cccc4c3c2)ccn1. The lowest BCUT2D eigenvalue weighted by Crippen LogP contribution is -2.39. The highest BCUT2D eigenvalue weighted by atomic mass is 16.5. The topological polar surface area (TPSA) is 148 Å². The Labute approximate surface area is 206 Å². The minimum absolute atomic E-state index is 0.0766. The molecule has 0 spiro atoms. The summed E-state index contributed by atoms with van der Waals surface area (Å²) in [5.74, 6) is -0.574. The van der Waals surface area contributed by atoms with Crippen molar-refractivity contribution >= 4 is 44.9 Å².